The zero-order valence-corrected chi connectivity index (χ0v) is 17.2. The fourth-order valence-corrected chi connectivity index (χ4v) is 3.16. The molecule has 0 saturated heterocycles. The van der Waals surface area contributed by atoms with Crippen molar-refractivity contribution in [3.8, 4) is 23.3 Å². The van der Waals surface area contributed by atoms with Gasteiger partial charge in [0.2, 0.25) is 6.41 Å². The number of nitrogens with one attached hydrogen (secondary N) is 2. The maximum absolute atomic E-state index is 12.8. The molecular weight excluding hydrogens is 443 g/mol. The Labute approximate surface area is 186 Å². The second kappa shape index (κ2) is 9.95. The van der Waals surface area contributed by atoms with Crippen LogP contribution in [0.15, 0.2) is 42.5 Å². The molecule has 3 rings (SSSR count). The van der Waals surface area contributed by atoms with E-state index in [2.05, 4.69) is 21.9 Å². The molecule has 0 spiro atoms. The summed E-state index contributed by atoms with van der Waals surface area (Å²) in [6.07, 6.45) is -4.75. The highest BCUT2D eigenvalue weighted by Gasteiger charge is 2.32. The van der Waals surface area contributed by atoms with Gasteiger partial charge in [0.1, 0.15) is 17.5 Å². The van der Waals surface area contributed by atoms with Crippen LogP contribution in [-0.2, 0) is 11.3 Å². The fourth-order valence-electron chi connectivity index (χ4n) is 3.16. The maximum Gasteiger partial charge on any atom is 0.573 e. The summed E-state index contributed by atoms with van der Waals surface area (Å²) in [5.41, 5.74) is 1.11. The van der Waals surface area contributed by atoms with Gasteiger partial charge in [-0.1, -0.05) is 30.0 Å². The Hall–Kier alpha value is -4.20. The number of para-hydroxylation sites is 1. The number of hydrogen-bond donors (Lipinski definition) is 2. The summed E-state index contributed by atoms with van der Waals surface area (Å²) >= 11 is 0. The number of urea groups is 1. The first-order chi connectivity index (χ1) is 15.7. The van der Waals surface area contributed by atoms with Crippen LogP contribution in [0.1, 0.15) is 21.5 Å². The highest BCUT2D eigenvalue weighted by molar-refractivity contribution is 5.98. The molecular formula is C22H18F3N3O5. The normalized spacial score (nSPS) is 13.3. The van der Waals surface area contributed by atoms with Crippen LogP contribution in [0.2, 0.25) is 0 Å². The molecule has 1 atom stereocenters. The quantitative estimate of drug-likeness (QED) is 0.509. The summed E-state index contributed by atoms with van der Waals surface area (Å²) in [4.78, 5) is 36.6. The van der Waals surface area contributed by atoms with Gasteiger partial charge in [0.15, 0.2) is 0 Å². The smallest absolute Gasteiger partial charge is 0.497 e. The Morgan fingerprint density at radius 1 is 1.27 bits per heavy atom. The number of amides is 4. The van der Waals surface area contributed by atoms with Gasteiger partial charge in [-0.3, -0.25) is 14.9 Å². The molecule has 0 aromatic heterocycles. The molecule has 2 aromatic rings. The predicted molar refractivity (Wildman–Crippen MR) is 109 cm³/mol. The standard InChI is InChI=1S/C22H18F3N3O5/c1-32-17-9-7-15-11-28(20(30)18(15)10-17)12-16(27-21(31)26-13-29)8-6-14-4-2-3-5-19(14)33-22(23,24)25/h2-5,7,9-10,13,16H,11-12H2,1H3,(H2,26,27,29,31). The molecule has 8 nitrogen and oxygen atoms in total. The van der Waals surface area contributed by atoms with Gasteiger partial charge in [0.25, 0.3) is 5.91 Å². The lowest BCUT2D eigenvalue weighted by atomic mass is 10.1. The highest BCUT2D eigenvalue weighted by atomic mass is 19.4. The Bertz CT molecular complexity index is 1120. The van der Waals surface area contributed by atoms with E-state index in [0.717, 1.165) is 11.6 Å². The van der Waals surface area contributed by atoms with Gasteiger partial charge in [-0.05, 0) is 29.8 Å². The third-order valence-electron chi connectivity index (χ3n) is 4.59. The number of nitrogens with zero attached hydrogens (tertiary/aromatic N) is 1. The molecule has 0 bridgehead atoms. The molecule has 0 radical (unpaired) electrons. The van der Waals surface area contributed by atoms with Crippen molar-refractivity contribution < 1.29 is 37.0 Å². The Morgan fingerprint density at radius 2 is 2.03 bits per heavy atom. The predicted octanol–water partition coefficient (Wildman–Crippen LogP) is 2.43. The lowest BCUT2D eigenvalue weighted by Gasteiger charge is -2.21. The van der Waals surface area contributed by atoms with Crippen LogP contribution in [0.4, 0.5) is 18.0 Å². The number of hydrogen-bond acceptors (Lipinski definition) is 5. The Morgan fingerprint density at radius 3 is 2.73 bits per heavy atom. The zero-order chi connectivity index (χ0) is 24.0. The molecule has 2 aromatic carbocycles. The number of ether oxygens (including phenoxy) is 2. The largest absolute Gasteiger partial charge is 0.573 e. The molecule has 2 N–H and O–H groups in total. The minimum atomic E-state index is -4.91. The zero-order valence-electron chi connectivity index (χ0n) is 17.2. The van der Waals surface area contributed by atoms with Crippen molar-refractivity contribution in [2.24, 2.45) is 0 Å². The first-order valence-corrected chi connectivity index (χ1v) is 9.53. The van der Waals surface area contributed by atoms with Gasteiger partial charge >= 0.3 is 12.4 Å². The lowest BCUT2D eigenvalue weighted by molar-refractivity contribution is -0.274. The summed E-state index contributed by atoms with van der Waals surface area (Å²) in [6.45, 7) is 0.151. The lowest BCUT2D eigenvalue weighted by Crippen LogP contribution is -2.46. The molecule has 172 valence electrons. The van der Waals surface area contributed by atoms with Gasteiger partial charge < -0.3 is 19.7 Å². The summed E-state index contributed by atoms with van der Waals surface area (Å²) in [5, 5.41) is 4.31. The van der Waals surface area contributed by atoms with E-state index in [1.165, 1.54) is 30.2 Å². The van der Waals surface area contributed by atoms with Gasteiger partial charge in [0, 0.05) is 12.1 Å². The molecule has 1 aliphatic rings. The minimum Gasteiger partial charge on any atom is -0.497 e. The molecule has 0 saturated carbocycles. The van der Waals surface area contributed by atoms with E-state index in [-0.39, 0.29) is 31.0 Å². The van der Waals surface area contributed by atoms with Gasteiger partial charge in [0.05, 0.1) is 19.2 Å². The van der Waals surface area contributed by atoms with E-state index in [9.17, 15) is 27.6 Å². The molecule has 11 heteroatoms. The van der Waals surface area contributed by atoms with Crippen LogP contribution in [0, 0.1) is 11.8 Å². The Balaban J connectivity index is 1.84. The van der Waals surface area contributed by atoms with Crippen molar-refractivity contribution in [1.29, 1.82) is 0 Å². The highest BCUT2D eigenvalue weighted by Crippen LogP contribution is 2.27. The number of benzene rings is 2. The monoisotopic (exact) mass is 461 g/mol. The van der Waals surface area contributed by atoms with E-state index in [4.69, 9.17) is 4.74 Å². The van der Waals surface area contributed by atoms with E-state index in [1.807, 2.05) is 5.32 Å². The number of rotatable bonds is 6. The van der Waals surface area contributed by atoms with Crippen LogP contribution < -0.4 is 20.1 Å². The average Bonchev–Trinajstić information content (AvgIpc) is 3.06. The van der Waals surface area contributed by atoms with E-state index in [1.54, 1.807) is 18.2 Å². The second-order valence-electron chi connectivity index (χ2n) is 6.81. The van der Waals surface area contributed by atoms with E-state index >= 15 is 0 Å². The summed E-state index contributed by atoms with van der Waals surface area (Å²) in [7, 11) is 1.47. The van der Waals surface area contributed by atoms with E-state index < -0.39 is 24.2 Å². The second-order valence-corrected chi connectivity index (χ2v) is 6.81. The van der Waals surface area contributed by atoms with Crippen LogP contribution in [0.25, 0.3) is 0 Å². The molecule has 1 unspecified atom stereocenters. The van der Waals surface area contributed by atoms with Crippen molar-refractivity contribution in [1.82, 2.24) is 15.5 Å². The fraction of sp³-hybridized carbons (Fsp3) is 0.227. The summed E-state index contributed by atoms with van der Waals surface area (Å²) in [5.74, 6) is 4.86. The van der Waals surface area contributed by atoms with E-state index in [0.29, 0.717) is 11.3 Å². The maximum atomic E-state index is 12.8. The molecule has 33 heavy (non-hydrogen) atoms. The number of alkyl halides is 3. The van der Waals surface area contributed by atoms with Crippen molar-refractivity contribution in [3.63, 3.8) is 0 Å². The van der Waals surface area contributed by atoms with Gasteiger partial charge in [-0.15, -0.1) is 13.2 Å². The SMILES string of the molecule is COc1ccc2c(c1)C(=O)N(CC(C#Cc1ccccc1OC(F)(F)F)NC(=O)NC=O)C2. The molecule has 0 fully saturated rings. The van der Waals surface area contributed by atoms with Crippen molar-refractivity contribution >= 4 is 18.3 Å². The third kappa shape index (κ3) is 6.16. The minimum absolute atomic E-state index is 0.0711. The first-order valence-electron chi connectivity index (χ1n) is 9.53. The molecule has 4 amide bonds. The van der Waals surface area contributed by atoms with Crippen LogP contribution in [-0.4, -0.2) is 49.3 Å². The number of methoxy groups -OCH3 is 1. The van der Waals surface area contributed by atoms with Crippen LogP contribution in [0.5, 0.6) is 11.5 Å². The van der Waals surface area contributed by atoms with Crippen LogP contribution in [0.3, 0.4) is 0 Å². The average molecular weight is 461 g/mol. The number of halogens is 3. The van der Waals surface area contributed by atoms with Crippen LogP contribution >= 0.6 is 0 Å². The first kappa shape index (κ1) is 23.5. The summed E-state index contributed by atoms with van der Waals surface area (Å²) < 4.78 is 47.1. The number of imide groups is 1. The van der Waals surface area contributed by atoms with Gasteiger partial charge in [-0.25, -0.2) is 4.79 Å². The number of fused-ring (bicyclic) bond motifs is 1. The topological polar surface area (TPSA) is 97.0 Å². The Kier molecular flexibility index (Phi) is 7.07. The van der Waals surface area contributed by atoms with Crippen molar-refractivity contribution in [3.05, 3.63) is 59.2 Å². The number of carbonyl (C=O) groups is 3. The van der Waals surface area contributed by atoms with Crippen molar-refractivity contribution in [2.75, 3.05) is 13.7 Å². The molecule has 1 heterocycles. The molecule has 1 aliphatic heterocycles. The van der Waals surface area contributed by atoms with Gasteiger partial charge in [-0.2, -0.15) is 0 Å². The number of carbonyl (C=O) groups excluding carboxylic acids is 3. The third-order valence-corrected chi connectivity index (χ3v) is 4.59. The summed E-state index contributed by atoms with van der Waals surface area (Å²) in [6, 6.07) is 8.41. The van der Waals surface area contributed by atoms with Crippen molar-refractivity contribution in [2.45, 2.75) is 18.9 Å². The molecule has 0 aliphatic carbocycles.